The van der Waals surface area contributed by atoms with Gasteiger partial charge in [-0.2, -0.15) is 0 Å². The highest BCUT2D eigenvalue weighted by molar-refractivity contribution is 9.10. The second-order valence-electron chi connectivity index (χ2n) is 3.82. The predicted molar refractivity (Wildman–Crippen MR) is 73.6 cm³/mol. The van der Waals surface area contributed by atoms with Gasteiger partial charge in [-0.25, -0.2) is 9.97 Å². The quantitative estimate of drug-likeness (QED) is 0.942. The molecule has 0 amide bonds. The normalized spacial score (nSPS) is 10.5. The smallest absolute Gasteiger partial charge is 0.130 e. The van der Waals surface area contributed by atoms with Crippen LogP contribution in [0, 0.1) is 0 Å². The molecule has 2 rings (SSSR count). The van der Waals surface area contributed by atoms with E-state index in [2.05, 4.69) is 32.8 Å². The molecule has 3 nitrogen and oxygen atoms in total. The van der Waals surface area contributed by atoms with Gasteiger partial charge in [-0.15, -0.1) is 0 Å². The van der Waals surface area contributed by atoms with Gasteiger partial charge in [-0.05, 0) is 12.5 Å². The van der Waals surface area contributed by atoms with Crippen LogP contribution in [-0.2, 0) is 6.42 Å². The van der Waals surface area contributed by atoms with E-state index in [9.17, 15) is 0 Å². The average Bonchev–Trinajstić information content (AvgIpc) is 2.33. The van der Waals surface area contributed by atoms with Gasteiger partial charge in [0.2, 0.25) is 0 Å². The zero-order valence-electron chi connectivity index (χ0n) is 9.65. The van der Waals surface area contributed by atoms with Gasteiger partial charge in [0.25, 0.3) is 0 Å². The van der Waals surface area contributed by atoms with Crippen molar-refractivity contribution < 1.29 is 0 Å². The van der Waals surface area contributed by atoms with Crippen molar-refractivity contribution in [2.24, 2.45) is 0 Å². The summed E-state index contributed by atoms with van der Waals surface area (Å²) in [4.78, 5) is 8.43. The van der Waals surface area contributed by atoms with Crippen LogP contribution in [0.4, 0.5) is 5.82 Å². The van der Waals surface area contributed by atoms with Gasteiger partial charge in [0, 0.05) is 15.6 Å². The Morgan fingerprint density at radius 1 is 1.24 bits per heavy atom. The van der Waals surface area contributed by atoms with E-state index in [1.165, 1.54) is 6.33 Å². The molecule has 0 bridgehead atoms. The first-order chi connectivity index (χ1) is 8.24. The average molecular weight is 292 g/mol. The largest absolute Gasteiger partial charge is 0.383 e. The molecule has 0 aliphatic heterocycles. The molecule has 1 aromatic carbocycles. The fourth-order valence-corrected chi connectivity index (χ4v) is 2.28. The monoisotopic (exact) mass is 291 g/mol. The minimum atomic E-state index is 0.576. The number of halogens is 1. The topological polar surface area (TPSA) is 51.8 Å². The Hall–Kier alpha value is -1.42. The van der Waals surface area contributed by atoms with Crippen LogP contribution in [0.2, 0.25) is 0 Å². The second-order valence-corrected chi connectivity index (χ2v) is 4.67. The Balaban J connectivity index is 2.59. The van der Waals surface area contributed by atoms with Gasteiger partial charge < -0.3 is 5.73 Å². The van der Waals surface area contributed by atoms with Crippen molar-refractivity contribution in [1.29, 1.82) is 0 Å². The van der Waals surface area contributed by atoms with Crippen LogP contribution in [0.15, 0.2) is 35.1 Å². The Labute approximate surface area is 109 Å². The van der Waals surface area contributed by atoms with Crippen molar-refractivity contribution in [2.75, 3.05) is 5.73 Å². The lowest BCUT2D eigenvalue weighted by Crippen LogP contribution is -2.02. The molecule has 0 aliphatic carbocycles. The Bertz CT molecular complexity index is 526. The van der Waals surface area contributed by atoms with E-state index >= 15 is 0 Å². The molecule has 0 aliphatic rings. The standard InChI is InChI=1S/C13H14BrN3/c1-2-5-10-12(16-8-17-13(10)15)9-6-3-4-7-11(9)14/h3-4,6-8H,2,5H2,1H3,(H2,15,16,17). The van der Waals surface area contributed by atoms with Gasteiger partial charge in [0.05, 0.1) is 5.69 Å². The van der Waals surface area contributed by atoms with Crippen LogP contribution < -0.4 is 5.73 Å². The number of hydrogen-bond acceptors (Lipinski definition) is 3. The third kappa shape index (κ3) is 2.47. The van der Waals surface area contributed by atoms with Crippen molar-refractivity contribution in [3.63, 3.8) is 0 Å². The van der Waals surface area contributed by atoms with Crippen LogP contribution in [0.25, 0.3) is 11.3 Å². The second kappa shape index (κ2) is 5.27. The van der Waals surface area contributed by atoms with E-state index in [-0.39, 0.29) is 0 Å². The fraction of sp³-hybridized carbons (Fsp3) is 0.231. The van der Waals surface area contributed by atoms with Crippen molar-refractivity contribution >= 4 is 21.7 Å². The van der Waals surface area contributed by atoms with Crippen LogP contribution in [0.5, 0.6) is 0 Å². The number of nitrogen functional groups attached to an aromatic ring is 1. The number of nitrogens with two attached hydrogens (primary N) is 1. The summed E-state index contributed by atoms with van der Waals surface area (Å²) in [5.41, 5.74) is 8.94. The number of anilines is 1. The molecule has 0 atom stereocenters. The predicted octanol–water partition coefficient (Wildman–Crippen LogP) is 3.44. The number of aromatic nitrogens is 2. The van der Waals surface area contributed by atoms with Crippen molar-refractivity contribution in [1.82, 2.24) is 9.97 Å². The molecular weight excluding hydrogens is 278 g/mol. The summed E-state index contributed by atoms with van der Waals surface area (Å²) in [7, 11) is 0. The number of nitrogens with zero attached hydrogens (tertiary/aromatic N) is 2. The molecule has 0 unspecified atom stereocenters. The molecule has 0 fully saturated rings. The van der Waals surface area contributed by atoms with Crippen LogP contribution >= 0.6 is 15.9 Å². The number of benzene rings is 1. The SMILES string of the molecule is CCCc1c(N)ncnc1-c1ccccc1Br. The molecule has 1 aromatic heterocycles. The fourth-order valence-electron chi connectivity index (χ4n) is 1.81. The molecule has 0 saturated heterocycles. The first-order valence-corrected chi connectivity index (χ1v) is 6.37. The van der Waals surface area contributed by atoms with Crippen molar-refractivity contribution in [2.45, 2.75) is 19.8 Å². The molecular formula is C13H14BrN3. The van der Waals surface area contributed by atoms with Gasteiger partial charge >= 0.3 is 0 Å². The van der Waals surface area contributed by atoms with E-state index in [1.807, 2.05) is 24.3 Å². The molecule has 4 heteroatoms. The molecule has 17 heavy (non-hydrogen) atoms. The summed E-state index contributed by atoms with van der Waals surface area (Å²) in [5.74, 6) is 0.576. The van der Waals surface area contributed by atoms with Crippen LogP contribution in [0.1, 0.15) is 18.9 Å². The zero-order valence-corrected chi connectivity index (χ0v) is 11.2. The first kappa shape index (κ1) is 12.0. The zero-order chi connectivity index (χ0) is 12.3. The van der Waals surface area contributed by atoms with E-state index in [1.54, 1.807) is 0 Å². The van der Waals surface area contributed by atoms with E-state index in [0.717, 1.165) is 34.1 Å². The highest BCUT2D eigenvalue weighted by Crippen LogP contribution is 2.31. The summed E-state index contributed by atoms with van der Waals surface area (Å²) in [6.45, 7) is 2.12. The third-order valence-corrected chi connectivity index (χ3v) is 3.30. The Kier molecular flexibility index (Phi) is 3.74. The Morgan fingerprint density at radius 3 is 2.71 bits per heavy atom. The van der Waals surface area contributed by atoms with E-state index in [0.29, 0.717) is 5.82 Å². The molecule has 0 spiro atoms. The summed E-state index contributed by atoms with van der Waals surface area (Å²) < 4.78 is 1.02. The Morgan fingerprint density at radius 2 is 2.00 bits per heavy atom. The van der Waals surface area contributed by atoms with E-state index in [4.69, 9.17) is 5.73 Å². The minimum Gasteiger partial charge on any atom is -0.383 e. The lowest BCUT2D eigenvalue weighted by atomic mass is 10.0. The maximum absolute atomic E-state index is 5.93. The van der Waals surface area contributed by atoms with Gasteiger partial charge in [0.15, 0.2) is 0 Å². The number of rotatable bonds is 3. The molecule has 88 valence electrons. The highest BCUT2D eigenvalue weighted by Gasteiger charge is 2.12. The summed E-state index contributed by atoms with van der Waals surface area (Å²) in [6.07, 6.45) is 3.43. The molecule has 2 aromatic rings. The first-order valence-electron chi connectivity index (χ1n) is 5.58. The van der Waals surface area contributed by atoms with Gasteiger partial charge in [0.1, 0.15) is 12.1 Å². The maximum Gasteiger partial charge on any atom is 0.130 e. The molecule has 1 heterocycles. The molecule has 0 saturated carbocycles. The highest BCUT2D eigenvalue weighted by atomic mass is 79.9. The lowest BCUT2D eigenvalue weighted by molar-refractivity contribution is 0.908. The van der Waals surface area contributed by atoms with Crippen molar-refractivity contribution in [3.05, 3.63) is 40.6 Å². The third-order valence-electron chi connectivity index (χ3n) is 2.61. The summed E-state index contributed by atoms with van der Waals surface area (Å²) in [5, 5.41) is 0. The number of hydrogen-bond donors (Lipinski definition) is 1. The van der Waals surface area contributed by atoms with Gasteiger partial charge in [-0.3, -0.25) is 0 Å². The van der Waals surface area contributed by atoms with Crippen LogP contribution in [-0.4, -0.2) is 9.97 Å². The van der Waals surface area contributed by atoms with E-state index < -0.39 is 0 Å². The van der Waals surface area contributed by atoms with Crippen molar-refractivity contribution in [3.8, 4) is 11.3 Å². The lowest BCUT2D eigenvalue weighted by Gasteiger charge is -2.10. The summed E-state index contributed by atoms with van der Waals surface area (Å²) >= 11 is 3.54. The molecule has 2 N–H and O–H groups in total. The minimum absolute atomic E-state index is 0.576. The molecule has 0 radical (unpaired) electrons. The summed E-state index contributed by atoms with van der Waals surface area (Å²) in [6, 6.07) is 8.01. The van der Waals surface area contributed by atoms with Crippen LogP contribution in [0.3, 0.4) is 0 Å². The van der Waals surface area contributed by atoms with Gasteiger partial charge in [-0.1, -0.05) is 47.5 Å². The maximum atomic E-state index is 5.93.